The highest BCUT2D eigenvalue weighted by Crippen LogP contribution is 2.19. The molecule has 0 fully saturated rings. The second-order valence-corrected chi connectivity index (χ2v) is 3.27. The van der Waals surface area contributed by atoms with E-state index in [-0.39, 0.29) is 18.2 Å². The minimum absolute atomic E-state index is 0. The average Bonchev–Trinajstić information content (AvgIpc) is 2.03. The van der Waals surface area contributed by atoms with Gasteiger partial charge in [-0.25, -0.2) is 4.39 Å². The van der Waals surface area contributed by atoms with E-state index in [9.17, 15) is 9.50 Å². The summed E-state index contributed by atoms with van der Waals surface area (Å²) < 4.78 is 12.7. The number of aliphatic hydroxyl groups excluding tert-OH is 1. The van der Waals surface area contributed by atoms with E-state index in [2.05, 4.69) is 0 Å². The standard InChI is InChI=1S/C10H14FNO.ClH/c1-6-5-8(11)3-4-9(6)10(12)7(2)13;/h3-5,7,10,13H,12H2,1-2H3;1H/t7-,10-;/m1./s1. The topological polar surface area (TPSA) is 46.2 Å². The van der Waals surface area contributed by atoms with Crippen molar-refractivity contribution in [2.75, 3.05) is 0 Å². The van der Waals surface area contributed by atoms with Crippen LogP contribution < -0.4 is 5.73 Å². The van der Waals surface area contributed by atoms with Crippen molar-refractivity contribution in [2.45, 2.75) is 26.0 Å². The maximum absolute atomic E-state index is 12.7. The molecule has 2 atom stereocenters. The van der Waals surface area contributed by atoms with E-state index in [0.29, 0.717) is 0 Å². The van der Waals surface area contributed by atoms with E-state index in [1.807, 2.05) is 0 Å². The first-order valence-corrected chi connectivity index (χ1v) is 4.22. The zero-order valence-corrected chi connectivity index (χ0v) is 9.01. The van der Waals surface area contributed by atoms with Crippen molar-refractivity contribution >= 4 is 12.4 Å². The van der Waals surface area contributed by atoms with Gasteiger partial charge in [0.15, 0.2) is 0 Å². The molecule has 0 aliphatic heterocycles. The van der Waals surface area contributed by atoms with Gasteiger partial charge in [-0.15, -0.1) is 12.4 Å². The SMILES string of the molecule is Cc1cc(F)ccc1[C@H](N)[C@@H](C)O.Cl. The lowest BCUT2D eigenvalue weighted by molar-refractivity contribution is 0.164. The smallest absolute Gasteiger partial charge is 0.123 e. The Morgan fingerprint density at radius 3 is 2.43 bits per heavy atom. The molecule has 0 spiro atoms. The quantitative estimate of drug-likeness (QED) is 0.799. The van der Waals surface area contributed by atoms with Crippen molar-refractivity contribution in [1.29, 1.82) is 0 Å². The summed E-state index contributed by atoms with van der Waals surface area (Å²) in [5.41, 5.74) is 7.28. The van der Waals surface area contributed by atoms with Gasteiger partial charge in [-0.2, -0.15) is 0 Å². The Balaban J connectivity index is 0.00000169. The van der Waals surface area contributed by atoms with Crippen molar-refractivity contribution in [1.82, 2.24) is 0 Å². The van der Waals surface area contributed by atoms with Gasteiger partial charge in [-0.05, 0) is 37.1 Å². The Kier molecular flexibility index (Phi) is 5.05. The van der Waals surface area contributed by atoms with E-state index in [4.69, 9.17) is 5.73 Å². The zero-order valence-electron chi connectivity index (χ0n) is 8.20. The lowest BCUT2D eigenvalue weighted by Gasteiger charge is -2.17. The number of halogens is 2. The van der Waals surface area contributed by atoms with Gasteiger partial charge in [0, 0.05) is 0 Å². The minimum atomic E-state index is -0.621. The molecule has 0 aromatic heterocycles. The van der Waals surface area contributed by atoms with Gasteiger partial charge < -0.3 is 10.8 Å². The van der Waals surface area contributed by atoms with Crippen molar-refractivity contribution in [3.05, 3.63) is 35.1 Å². The van der Waals surface area contributed by atoms with E-state index in [0.717, 1.165) is 11.1 Å². The van der Waals surface area contributed by atoms with Gasteiger partial charge in [0.1, 0.15) is 5.82 Å². The zero-order chi connectivity index (χ0) is 10.0. The normalized spacial score (nSPS) is 14.4. The summed E-state index contributed by atoms with van der Waals surface area (Å²) in [6, 6.07) is 3.94. The Labute approximate surface area is 89.3 Å². The summed E-state index contributed by atoms with van der Waals surface area (Å²) in [7, 11) is 0. The summed E-state index contributed by atoms with van der Waals surface area (Å²) in [4.78, 5) is 0. The van der Waals surface area contributed by atoms with Crippen LogP contribution in [0.1, 0.15) is 24.1 Å². The molecule has 3 N–H and O–H groups in total. The van der Waals surface area contributed by atoms with Crippen molar-refractivity contribution in [3.8, 4) is 0 Å². The fourth-order valence-corrected chi connectivity index (χ4v) is 1.27. The minimum Gasteiger partial charge on any atom is -0.391 e. The van der Waals surface area contributed by atoms with E-state index < -0.39 is 12.1 Å². The molecule has 0 amide bonds. The predicted molar refractivity (Wildman–Crippen MR) is 57.0 cm³/mol. The maximum Gasteiger partial charge on any atom is 0.123 e. The van der Waals surface area contributed by atoms with Gasteiger partial charge in [0.2, 0.25) is 0 Å². The predicted octanol–water partition coefficient (Wildman–Crippen LogP) is 1.94. The fourth-order valence-electron chi connectivity index (χ4n) is 1.27. The highest BCUT2D eigenvalue weighted by atomic mass is 35.5. The number of hydrogen-bond donors (Lipinski definition) is 2. The van der Waals surface area contributed by atoms with Gasteiger partial charge in [-0.1, -0.05) is 6.07 Å². The maximum atomic E-state index is 12.7. The van der Waals surface area contributed by atoms with E-state index in [1.165, 1.54) is 12.1 Å². The summed E-state index contributed by atoms with van der Waals surface area (Å²) in [6.07, 6.45) is -0.621. The lowest BCUT2D eigenvalue weighted by atomic mass is 9.98. The molecule has 0 radical (unpaired) electrons. The molecule has 2 nitrogen and oxygen atoms in total. The van der Waals surface area contributed by atoms with Gasteiger partial charge in [-0.3, -0.25) is 0 Å². The van der Waals surface area contributed by atoms with Gasteiger partial charge >= 0.3 is 0 Å². The molecule has 0 heterocycles. The van der Waals surface area contributed by atoms with Crippen LogP contribution in [0.2, 0.25) is 0 Å². The number of aryl methyl sites for hydroxylation is 1. The van der Waals surface area contributed by atoms with E-state index in [1.54, 1.807) is 19.9 Å². The first-order chi connectivity index (χ1) is 6.02. The van der Waals surface area contributed by atoms with Crippen molar-refractivity contribution < 1.29 is 9.50 Å². The lowest BCUT2D eigenvalue weighted by Crippen LogP contribution is -2.23. The molecule has 80 valence electrons. The highest BCUT2D eigenvalue weighted by Gasteiger charge is 2.14. The largest absolute Gasteiger partial charge is 0.391 e. The average molecular weight is 220 g/mol. The molecular formula is C10H15ClFNO. The molecule has 0 saturated carbocycles. The molecule has 0 unspecified atom stereocenters. The number of rotatable bonds is 2. The van der Waals surface area contributed by atoms with Crippen LogP contribution in [0.4, 0.5) is 4.39 Å². The van der Waals surface area contributed by atoms with Crippen LogP contribution in [-0.4, -0.2) is 11.2 Å². The monoisotopic (exact) mass is 219 g/mol. The first-order valence-electron chi connectivity index (χ1n) is 4.22. The third-order valence-electron chi connectivity index (χ3n) is 2.11. The number of aliphatic hydroxyl groups is 1. The molecule has 0 bridgehead atoms. The fraction of sp³-hybridized carbons (Fsp3) is 0.400. The van der Waals surface area contributed by atoms with Crippen LogP contribution in [0.5, 0.6) is 0 Å². The summed E-state index contributed by atoms with van der Waals surface area (Å²) in [6.45, 7) is 3.40. The highest BCUT2D eigenvalue weighted by molar-refractivity contribution is 5.85. The molecule has 1 rings (SSSR count). The molecule has 1 aromatic carbocycles. The Morgan fingerprint density at radius 2 is 2.00 bits per heavy atom. The van der Waals surface area contributed by atoms with Crippen molar-refractivity contribution in [2.24, 2.45) is 5.73 Å². The molecule has 4 heteroatoms. The molecule has 0 aliphatic rings. The van der Waals surface area contributed by atoms with E-state index >= 15 is 0 Å². The van der Waals surface area contributed by atoms with Crippen LogP contribution in [0.15, 0.2) is 18.2 Å². The Bertz CT molecular complexity index is 304. The first kappa shape index (κ1) is 13.4. The van der Waals surface area contributed by atoms with Crippen LogP contribution in [-0.2, 0) is 0 Å². The second kappa shape index (κ2) is 5.29. The molecule has 0 aliphatic carbocycles. The van der Waals surface area contributed by atoms with Crippen LogP contribution in [0.3, 0.4) is 0 Å². The molecule has 1 aromatic rings. The third kappa shape index (κ3) is 2.94. The van der Waals surface area contributed by atoms with Crippen LogP contribution in [0, 0.1) is 12.7 Å². The Hall–Kier alpha value is -0.640. The second-order valence-electron chi connectivity index (χ2n) is 3.27. The van der Waals surface area contributed by atoms with Crippen LogP contribution in [0.25, 0.3) is 0 Å². The van der Waals surface area contributed by atoms with Crippen LogP contribution >= 0.6 is 12.4 Å². The Morgan fingerprint density at radius 1 is 1.43 bits per heavy atom. The number of nitrogens with two attached hydrogens (primary N) is 1. The number of hydrogen-bond acceptors (Lipinski definition) is 2. The molecule has 0 saturated heterocycles. The molecule has 14 heavy (non-hydrogen) atoms. The number of benzene rings is 1. The summed E-state index contributed by atoms with van der Waals surface area (Å²) in [5.74, 6) is -0.279. The summed E-state index contributed by atoms with van der Waals surface area (Å²) in [5, 5.41) is 9.25. The van der Waals surface area contributed by atoms with Crippen molar-refractivity contribution in [3.63, 3.8) is 0 Å². The van der Waals surface area contributed by atoms with Gasteiger partial charge in [0.05, 0.1) is 12.1 Å². The van der Waals surface area contributed by atoms with Gasteiger partial charge in [0.25, 0.3) is 0 Å². The third-order valence-corrected chi connectivity index (χ3v) is 2.11. The molecular weight excluding hydrogens is 205 g/mol. The summed E-state index contributed by atoms with van der Waals surface area (Å²) >= 11 is 0.